The number of benzene rings is 1. The standard InChI is InChI=1S/C12H15NO4S/c1-8-6-9(12(13)16)2-3-10(8)7-18(17)5-4-11(14)15/h2-3,6H,4-5,7H2,1H3,(H2,13,16)(H,14,15). The fourth-order valence-corrected chi connectivity index (χ4v) is 2.68. The van der Waals surface area contributed by atoms with Crippen molar-refractivity contribution in [3.05, 3.63) is 34.9 Å². The molecule has 0 aromatic heterocycles. The van der Waals surface area contributed by atoms with Gasteiger partial charge in [-0.25, -0.2) is 0 Å². The van der Waals surface area contributed by atoms with E-state index in [1.54, 1.807) is 25.1 Å². The SMILES string of the molecule is Cc1cc(C(N)=O)ccc1CS(=O)CCC(=O)O. The predicted molar refractivity (Wildman–Crippen MR) is 68.7 cm³/mol. The number of hydrogen-bond acceptors (Lipinski definition) is 3. The van der Waals surface area contributed by atoms with Crippen LogP contribution in [0.15, 0.2) is 18.2 Å². The monoisotopic (exact) mass is 269 g/mol. The Labute approximate surface area is 107 Å². The van der Waals surface area contributed by atoms with Gasteiger partial charge in [0.05, 0.1) is 6.42 Å². The summed E-state index contributed by atoms with van der Waals surface area (Å²) >= 11 is 0. The highest BCUT2D eigenvalue weighted by atomic mass is 32.2. The molecule has 0 spiro atoms. The number of rotatable bonds is 6. The van der Waals surface area contributed by atoms with E-state index in [9.17, 15) is 13.8 Å². The molecule has 0 fully saturated rings. The summed E-state index contributed by atoms with van der Waals surface area (Å²) in [6, 6.07) is 4.93. The average molecular weight is 269 g/mol. The third-order valence-corrected chi connectivity index (χ3v) is 3.78. The number of hydrogen-bond donors (Lipinski definition) is 2. The van der Waals surface area contributed by atoms with E-state index in [4.69, 9.17) is 10.8 Å². The van der Waals surface area contributed by atoms with Gasteiger partial charge in [0.25, 0.3) is 0 Å². The first-order valence-electron chi connectivity index (χ1n) is 5.36. The molecule has 1 amide bonds. The maximum Gasteiger partial charge on any atom is 0.304 e. The second-order valence-electron chi connectivity index (χ2n) is 3.94. The van der Waals surface area contributed by atoms with E-state index in [0.717, 1.165) is 11.1 Å². The Kier molecular flexibility index (Phi) is 5.03. The lowest BCUT2D eigenvalue weighted by molar-refractivity contribution is -0.136. The highest BCUT2D eigenvalue weighted by Crippen LogP contribution is 2.13. The largest absolute Gasteiger partial charge is 0.481 e. The third-order valence-electron chi connectivity index (χ3n) is 2.49. The number of carbonyl (C=O) groups excluding carboxylic acids is 1. The molecule has 0 saturated heterocycles. The van der Waals surface area contributed by atoms with Crippen molar-refractivity contribution in [1.82, 2.24) is 0 Å². The van der Waals surface area contributed by atoms with Crippen molar-refractivity contribution in [3.8, 4) is 0 Å². The summed E-state index contributed by atoms with van der Waals surface area (Å²) in [5, 5.41) is 8.49. The van der Waals surface area contributed by atoms with E-state index in [1.165, 1.54) is 0 Å². The number of carboxylic acids is 1. The van der Waals surface area contributed by atoms with Gasteiger partial charge in [0, 0.05) is 27.9 Å². The van der Waals surface area contributed by atoms with Crippen LogP contribution in [0.4, 0.5) is 0 Å². The number of carboxylic acid groups (broad SMARTS) is 1. The van der Waals surface area contributed by atoms with Gasteiger partial charge in [-0.3, -0.25) is 13.8 Å². The summed E-state index contributed by atoms with van der Waals surface area (Å²) in [7, 11) is -1.22. The minimum atomic E-state index is -1.22. The van der Waals surface area contributed by atoms with Gasteiger partial charge in [0.1, 0.15) is 0 Å². The molecule has 0 aliphatic carbocycles. The van der Waals surface area contributed by atoms with Crippen LogP contribution in [0.5, 0.6) is 0 Å². The average Bonchev–Trinajstić information content (AvgIpc) is 2.29. The Hall–Kier alpha value is -1.69. The maximum atomic E-state index is 11.6. The first-order valence-corrected chi connectivity index (χ1v) is 6.85. The van der Waals surface area contributed by atoms with E-state index in [0.29, 0.717) is 5.56 Å². The lowest BCUT2D eigenvalue weighted by atomic mass is 10.1. The molecule has 1 unspecified atom stereocenters. The lowest BCUT2D eigenvalue weighted by Crippen LogP contribution is -2.12. The molecule has 0 aliphatic rings. The zero-order valence-corrected chi connectivity index (χ0v) is 10.8. The zero-order chi connectivity index (χ0) is 13.7. The topological polar surface area (TPSA) is 97.5 Å². The highest BCUT2D eigenvalue weighted by molar-refractivity contribution is 7.84. The van der Waals surface area contributed by atoms with E-state index in [1.807, 2.05) is 0 Å². The summed E-state index contributed by atoms with van der Waals surface area (Å²) in [4.78, 5) is 21.3. The molecule has 3 N–H and O–H groups in total. The quantitative estimate of drug-likeness (QED) is 0.798. The van der Waals surface area contributed by atoms with Crippen LogP contribution in [-0.4, -0.2) is 26.9 Å². The molecule has 1 rings (SSSR count). The van der Waals surface area contributed by atoms with Crippen molar-refractivity contribution in [3.63, 3.8) is 0 Å². The molecule has 1 atom stereocenters. The minimum Gasteiger partial charge on any atom is -0.481 e. The van der Waals surface area contributed by atoms with Crippen LogP contribution in [0.3, 0.4) is 0 Å². The maximum absolute atomic E-state index is 11.6. The van der Waals surface area contributed by atoms with E-state index in [2.05, 4.69) is 0 Å². The molecule has 5 nitrogen and oxygen atoms in total. The van der Waals surface area contributed by atoms with Crippen LogP contribution in [0.2, 0.25) is 0 Å². The normalized spacial score (nSPS) is 12.1. The summed E-state index contributed by atoms with van der Waals surface area (Å²) < 4.78 is 11.6. The van der Waals surface area contributed by atoms with Crippen LogP contribution in [0.25, 0.3) is 0 Å². The number of nitrogens with two attached hydrogens (primary N) is 1. The minimum absolute atomic E-state index is 0.106. The molecule has 98 valence electrons. The summed E-state index contributed by atoms with van der Waals surface area (Å²) in [6.45, 7) is 1.80. The van der Waals surface area contributed by atoms with Crippen molar-refractivity contribution < 1.29 is 18.9 Å². The van der Waals surface area contributed by atoms with Crippen LogP contribution < -0.4 is 5.73 Å². The van der Waals surface area contributed by atoms with Gasteiger partial charge in [0.2, 0.25) is 5.91 Å². The van der Waals surface area contributed by atoms with Gasteiger partial charge in [-0.05, 0) is 30.2 Å². The summed E-state index contributed by atoms with van der Waals surface area (Å²) in [6.07, 6.45) is -0.106. The molecule has 0 heterocycles. The number of carbonyl (C=O) groups is 2. The van der Waals surface area contributed by atoms with Gasteiger partial charge in [-0.15, -0.1) is 0 Å². The van der Waals surface area contributed by atoms with Gasteiger partial charge in [-0.1, -0.05) is 6.07 Å². The van der Waals surface area contributed by atoms with Crippen LogP contribution in [-0.2, 0) is 21.3 Å². The van der Waals surface area contributed by atoms with Crippen molar-refractivity contribution in [2.45, 2.75) is 19.1 Å². The summed E-state index contributed by atoms with van der Waals surface area (Å²) in [5.41, 5.74) is 7.23. The van der Waals surface area contributed by atoms with Gasteiger partial charge >= 0.3 is 5.97 Å². The van der Waals surface area contributed by atoms with Crippen molar-refractivity contribution in [1.29, 1.82) is 0 Å². The smallest absolute Gasteiger partial charge is 0.304 e. The van der Waals surface area contributed by atoms with Crippen molar-refractivity contribution in [2.24, 2.45) is 5.73 Å². The van der Waals surface area contributed by atoms with E-state index >= 15 is 0 Å². The van der Waals surface area contributed by atoms with Crippen molar-refractivity contribution >= 4 is 22.7 Å². The molecule has 0 saturated carbocycles. The molecule has 0 aliphatic heterocycles. The second kappa shape index (κ2) is 6.30. The predicted octanol–water partition coefficient (Wildman–Crippen LogP) is 0.817. The number of aliphatic carboxylic acids is 1. The van der Waals surface area contributed by atoms with Crippen LogP contribution in [0, 0.1) is 6.92 Å². The molecule has 18 heavy (non-hydrogen) atoms. The van der Waals surface area contributed by atoms with Crippen molar-refractivity contribution in [2.75, 3.05) is 5.75 Å². The van der Waals surface area contributed by atoms with E-state index in [-0.39, 0.29) is 17.9 Å². The lowest BCUT2D eigenvalue weighted by Gasteiger charge is -2.06. The Morgan fingerprint density at radius 3 is 2.56 bits per heavy atom. The molecule has 1 aromatic rings. The zero-order valence-electron chi connectivity index (χ0n) is 10.0. The first-order chi connectivity index (χ1) is 8.40. The second-order valence-corrected chi connectivity index (χ2v) is 5.51. The summed E-state index contributed by atoms with van der Waals surface area (Å²) in [5.74, 6) is -1.04. The van der Waals surface area contributed by atoms with Crippen LogP contribution in [0.1, 0.15) is 27.9 Å². The Balaban J connectivity index is 2.70. The third kappa shape index (κ3) is 4.29. The molecular formula is C12H15NO4S. The molecule has 0 radical (unpaired) electrons. The Morgan fingerprint density at radius 2 is 2.06 bits per heavy atom. The van der Waals surface area contributed by atoms with Gasteiger partial charge < -0.3 is 10.8 Å². The van der Waals surface area contributed by atoms with Gasteiger partial charge in [-0.2, -0.15) is 0 Å². The molecular weight excluding hydrogens is 254 g/mol. The Bertz CT molecular complexity index is 499. The van der Waals surface area contributed by atoms with E-state index < -0.39 is 22.7 Å². The number of primary amides is 1. The highest BCUT2D eigenvalue weighted by Gasteiger charge is 2.09. The fraction of sp³-hybridized carbons (Fsp3) is 0.333. The van der Waals surface area contributed by atoms with Crippen LogP contribution >= 0.6 is 0 Å². The fourth-order valence-electron chi connectivity index (χ4n) is 1.46. The molecule has 0 bridgehead atoms. The molecule has 1 aromatic carbocycles. The van der Waals surface area contributed by atoms with Gasteiger partial charge in [0.15, 0.2) is 0 Å². The first kappa shape index (κ1) is 14.4. The Morgan fingerprint density at radius 1 is 1.39 bits per heavy atom. The molecule has 6 heteroatoms. The number of aryl methyl sites for hydroxylation is 1. The number of amides is 1.